The fourth-order valence-electron chi connectivity index (χ4n) is 1.49. The van der Waals surface area contributed by atoms with E-state index in [9.17, 15) is 8.78 Å². The van der Waals surface area contributed by atoms with E-state index in [-0.39, 0.29) is 6.61 Å². The summed E-state index contributed by atoms with van der Waals surface area (Å²) < 4.78 is 37.8. The van der Waals surface area contributed by atoms with Gasteiger partial charge < -0.3 is 9.47 Å². The molecule has 4 nitrogen and oxygen atoms in total. The van der Waals surface area contributed by atoms with E-state index in [0.29, 0.717) is 6.42 Å². The Bertz CT molecular complexity index is 556. The van der Waals surface area contributed by atoms with Crippen LogP contribution in [0, 0.1) is 34.3 Å². The standard InChI is InChI=1S/C13H12F2N2O2/c1-3-4-5-19-13-11(15)9(7-17)8(6-16)10(14)12(13)18-2/h3-5H2,1-2H3. The zero-order chi connectivity index (χ0) is 14.4. The average molecular weight is 266 g/mol. The van der Waals surface area contributed by atoms with E-state index in [0.717, 1.165) is 13.5 Å². The molecular weight excluding hydrogens is 254 g/mol. The Labute approximate surface area is 109 Å². The fraction of sp³-hybridized carbons (Fsp3) is 0.385. The number of ether oxygens (including phenoxy) is 2. The first-order valence-corrected chi connectivity index (χ1v) is 5.64. The molecule has 0 amide bonds. The molecule has 100 valence electrons. The van der Waals surface area contributed by atoms with E-state index in [4.69, 9.17) is 20.0 Å². The molecule has 1 aromatic rings. The number of hydrogen-bond acceptors (Lipinski definition) is 4. The molecule has 0 N–H and O–H groups in total. The summed E-state index contributed by atoms with van der Waals surface area (Å²) >= 11 is 0. The van der Waals surface area contributed by atoms with Crippen LogP contribution < -0.4 is 9.47 Å². The fourth-order valence-corrected chi connectivity index (χ4v) is 1.49. The maximum Gasteiger partial charge on any atom is 0.201 e. The minimum Gasteiger partial charge on any atom is -0.490 e. The third-order valence-corrected chi connectivity index (χ3v) is 2.47. The first-order chi connectivity index (χ1) is 9.12. The summed E-state index contributed by atoms with van der Waals surface area (Å²) in [7, 11) is 1.14. The van der Waals surface area contributed by atoms with Crippen molar-refractivity contribution in [3.05, 3.63) is 22.8 Å². The largest absolute Gasteiger partial charge is 0.490 e. The molecule has 0 saturated heterocycles. The van der Waals surface area contributed by atoms with Crippen molar-refractivity contribution in [2.45, 2.75) is 19.8 Å². The Morgan fingerprint density at radius 2 is 1.58 bits per heavy atom. The van der Waals surface area contributed by atoms with Crippen molar-refractivity contribution < 1.29 is 18.3 Å². The molecule has 0 saturated carbocycles. The lowest BCUT2D eigenvalue weighted by atomic mass is 10.1. The van der Waals surface area contributed by atoms with Gasteiger partial charge in [0.25, 0.3) is 0 Å². The highest BCUT2D eigenvalue weighted by atomic mass is 19.1. The second-order valence-electron chi connectivity index (χ2n) is 3.67. The minimum atomic E-state index is -1.09. The molecular formula is C13H12F2N2O2. The molecule has 0 aliphatic heterocycles. The zero-order valence-electron chi connectivity index (χ0n) is 10.6. The molecule has 0 fully saturated rings. The second-order valence-corrected chi connectivity index (χ2v) is 3.67. The van der Waals surface area contributed by atoms with Crippen molar-refractivity contribution in [3.8, 4) is 23.6 Å². The van der Waals surface area contributed by atoms with Crippen LogP contribution in [0.5, 0.6) is 11.5 Å². The summed E-state index contributed by atoms with van der Waals surface area (Å²) in [6, 6.07) is 2.92. The van der Waals surface area contributed by atoms with Gasteiger partial charge in [0, 0.05) is 0 Å². The quantitative estimate of drug-likeness (QED) is 0.768. The lowest BCUT2D eigenvalue weighted by molar-refractivity contribution is 0.267. The molecule has 0 aliphatic carbocycles. The Hall–Kier alpha value is -2.34. The first-order valence-electron chi connectivity index (χ1n) is 5.64. The van der Waals surface area contributed by atoms with Crippen molar-refractivity contribution in [3.63, 3.8) is 0 Å². The van der Waals surface area contributed by atoms with Crippen LogP contribution in [0.15, 0.2) is 0 Å². The number of rotatable bonds is 5. The summed E-state index contributed by atoms with van der Waals surface area (Å²) in [5.74, 6) is -3.13. The Morgan fingerprint density at radius 1 is 1.05 bits per heavy atom. The van der Waals surface area contributed by atoms with Gasteiger partial charge in [0.1, 0.15) is 23.3 Å². The second kappa shape index (κ2) is 6.55. The van der Waals surface area contributed by atoms with Gasteiger partial charge in [-0.15, -0.1) is 0 Å². The summed E-state index contributed by atoms with van der Waals surface area (Å²) in [4.78, 5) is 0. The van der Waals surface area contributed by atoms with Gasteiger partial charge in [-0.05, 0) is 6.42 Å². The van der Waals surface area contributed by atoms with Crippen molar-refractivity contribution in [1.29, 1.82) is 10.5 Å². The van der Waals surface area contributed by atoms with Gasteiger partial charge in [0.2, 0.25) is 11.5 Å². The van der Waals surface area contributed by atoms with Crippen molar-refractivity contribution in [2.24, 2.45) is 0 Å². The third kappa shape index (κ3) is 2.74. The number of unbranched alkanes of at least 4 members (excludes halogenated alkanes) is 1. The molecule has 0 aromatic heterocycles. The number of methoxy groups -OCH3 is 1. The van der Waals surface area contributed by atoms with Crippen LogP contribution in [0.4, 0.5) is 8.78 Å². The molecule has 0 bridgehead atoms. The predicted molar refractivity (Wildman–Crippen MR) is 62.7 cm³/mol. The Balaban J connectivity index is 3.42. The lowest BCUT2D eigenvalue weighted by Gasteiger charge is -2.14. The van der Waals surface area contributed by atoms with Crippen molar-refractivity contribution in [1.82, 2.24) is 0 Å². The highest BCUT2D eigenvalue weighted by Crippen LogP contribution is 2.37. The normalized spacial score (nSPS) is 9.58. The van der Waals surface area contributed by atoms with Crippen LogP contribution in [-0.2, 0) is 0 Å². The van der Waals surface area contributed by atoms with Crippen LogP contribution >= 0.6 is 0 Å². The van der Waals surface area contributed by atoms with Gasteiger partial charge >= 0.3 is 0 Å². The molecule has 0 radical (unpaired) electrons. The smallest absolute Gasteiger partial charge is 0.201 e. The van der Waals surface area contributed by atoms with Gasteiger partial charge in [-0.1, -0.05) is 13.3 Å². The van der Waals surface area contributed by atoms with Crippen LogP contribution in [0.25, 0.3) is 0 Å². The van der Waals surface area contributed by atoms with Gasteiger partial charge in [-0.2, -0.15) is 10.5 Å². The van der Waals surface area contributed by atoms with E-state index in [1.54, 1.807) is 0 Å². The molecule has 0 aliphatic rings. The van der Waals surface area contributed by atoms with Gasteiger partial charge in [0.15, 0.2) is 11.6 Å². The topological polar surface area (TPSA) is 66.0 Å². The van der Waals surface area contributed by atoms with Crippen LogP contribution in [0.1, 0.15) is 30.9 Å². The van der Waals surface area contributed by atoms with E-state index < -0.39 is 34.3 Å². The van der Waals surface area contributed by atoms with Gasteiger partial charge in [0.05, 0.1) is 13.7 Å². The SMILES string of the molecule is CCCCOc1c(F)c(C#N)c(C#N)c(F)c1OC. The molecule has 0 spiro atoms. The maximum atomic E-state index is 14.0. The van der Waals surface area contributed by atoms with Crippen molar-refractivity contribution >= 4 is 0 Å². The highest BCUT2D eigenvalue weighted by molar-refractivity contribution is 5.58. The molecule has 1 rings (SSSR count). The number of nitrogens with zero attached hydrogens (tertiary/aromatic N) is 2. The molecule has 0 unspecified atom stereocenters. The zero-order valence-corrected chi connectivity index (χ0v) is 10.6. The van der Waals surface area contributed by atoms with Gasteiger partial charge in [-0.25, -0.2) is 8.78 Å². The average Bonchev–Trinajstić information content (AvgIpc) is 2.42. The van der Waals surface area contributed by atoms with Crippen molar-refractivity contribution in [2.75, 3.05) is 13.7 Å². The van der Waals surface area contributed by atoms with Crippen LogP contribution in [0.2, 0.25) is 0 Å². The van der Waals surface area contributed by atoms with E-state index in [1.165, 1.54) is 12.1 Å². The Kier molecular flexibility index (Phi) is 5.08. The van der Waals surface area contributed by atoms with E-state index in [1.807, 2.05) is 6.92 Å². The first kappa shape index (κ1) is 14.7. The molecule has 0 heterocycles. The third-order valence-electron chi connectivity index (χ3n) is 2.47. The van der Waals surface area contributed by atoms with E-state index in [2.05, 4.69) is 0 Å². The van der Waals surface area contributed by atoms with E-state index >= 15 is 0 Å². The predicted octanol–water partition coefficient (Wildman–Crippen LogP) is 2.90. The lowest BCUT2D eigenvalue weighted by Crippen LogP contribution is -2.07. The van der Waals surface area contributed by atoms with Crippen LogP contribution in [-0.4, -0.2) is 13.7 Å². The number of hydrogen-bond donors (Lipinski definition) is 0. The molecule has 19 heavy (non-hydrogen) atoms. The summed E-state index contributed by atoms with van der Waals surface area (Å²) in [6.07, 6.45) is 1.46. The Morgan fingerprint density at radius 3 is 2.00 bits per heavy atom. The number of benzene rings is 1. The monoisotopic (exact) mass is 266 g/mol. The summed E-state index contributed by atoms with van der Waals surface area (Å²) in [6.45, 7) is 2.08. The molecule has 6 heteroatoms. The molecule has 0 atom stereocenters. The minimum absolute atomic E-state index is 0.167. The molecule has 1 aromatic carbocycles. The summed E-state index contributed by atoms with van der Waals surface area (Å²) in [5.41, 5.74) is -1.35. The number of nitriles is 2. The van der Waals surface area contributed by atoms with Gasteiger partial charge in [-0.3, -0.25) is 0 Å². The van der Waals surface area contributed by atoms with Crippen LogP contribution in [0.3, 0.4) is 0 Å². The summed E-state index contributed by atoms with van der Waals surface area (Å²) in [5, 5.41) is 17.6. The maximum absolute atomic E-state index is 14.0. The highest BCUT2D eigenvalue weighted by Gasteiger charge is 2.26. The number of halogens is 2.